The highest BCUT2D eigenvalue weighted by atomic mass is 16.2. The minimum absolute atomic E-state index is 0.0563. The van der Waals surface area contributed by atoms with E-state index >= 15 is 0 Å². The Morgan fingerprint density at radius 1 is 1.32 bits per heavy atom. The van der Waals surface area contributed by atoms with E-state index in [0.717, 1.165) is 11.1 Å². The predicted octanol–water partition coefficient (Wildman–Crippen LogP) is 0.826. The first-order valence-corrected chi connectivity index (χ1v) is 7.33. The van der Waals surface area contributed by atoms with Crippen LogP contribution in [-0.4, -0.2) is 27.6 Å². The Bertz CT molecular complexity index is 667. The third kappa shape index (κ3) is 3.33. The Labute approximate surface area is 128 Å². The predicted molar refractivity (Wildman–Crippen MR) is 80.8 cm³/mol. The molecule has 6 nitrogen and oxygen atoms in total. The van der Waals surface area contributed by atoms with E-state index in [1.165, 1.54) is 0 Å². The van der Waals surface area contributed by atoms with E-state index in [-0.39, 0.29) is 11.8 Å². The summed E-state index contributed by atoms with van der Waals surface area (Å²) >= 11 is 0. The molecule has 0 spiro atoms. The fourth-order valence-electron chi connectivity index (χ4n) is 2.57. The summed E-state index contributed by atoms with van der Waals surface area (Å²) in [5.41, 5.74) is 2.16. The van der Waals surface area contributed by atoms with Crippen LogP contribution in [0.4, 0.5) is 0 Å². The van der Waals surface area contributed by atoms with E-state index in [9.17, 15) is 9.59 Å². The summed E-state index contributed by atoms with van der Waals surface area (Å²) in [5, 5.41) is 9.77. The molecule has 1 saturated heterocycles. The molecule has 1 aliphatic rings. The van der Waals surface area contributed by atoms with Crippen molar-refractivity contribution in [1.29, 1.82) is 0 Å². The monoisotopic (exact) mass is 298 g/mol. The molecule has 0 bridgehead atoms. The number of carbonyl (C=O) groups is 2. The number of hydrogen-bond donors (Lipinski definition) is 2. The van der Waals surface area contributed by atoms with Gasteiger partial charge in [-0.3, -0.25) is 14.3 Å². The smallest absolute Gasteiger partial charge is 0.242 e. The molecule has 3 rings (SSSR count). The van der Waals surface area contributed by atoms with Gasteiger partial charge in [-0.15, -0.1) is 0 Å². The topological polar surface area (TPSA) is 76.0 Å². The highest BCUT2D eigenvalue weighted by molar-refractivity contribution is 5.90. The van der Waals surface area contributed by atoms with Crippen molar-refractivity contribution in [2.45, 2.75) is 32.0 Å². The summed E-state index contributed by atoms with van der Waals surface area (Å²) in [7, 11) is 0. The Hall–Kier alpha value is -2.63. The molecule has 22 heavy (non-hydrogen) atoms. The maximum atomic E-state index is 12.0. The highest BCUT2D eigenvalue weighted by Gasteiger charge is 2.26. The van der Waals surface area contributed by atoms with Gasteiger partial charge in [-0.2, -0.15) is 5.10 Å². The lowest BCUT2D eigenvalue weighted by molar-refractivity contribution is -0.125. The van der Waals surface area contributed by atoms with Gasteiger partial charge >= 0.3 is 0 Å². The molecule has 2 aromatic rings. The zero-order chi connectivity index (χ0) is 15.4. The maximum absolute atomic E-state index is 12.0. The minimum Gasteiger partial charge on any atom is -0.350 e. The maximum Gasteiger partial charge on any atom is 0.242 e. The summed E-state index contributed by atoms with van der Waals surface area (Å²) in [5.74, 6) is -0.182. The third-order valence-electron chi connectivity index (χ3n) is 3.77. The van der Waals surface area contributed by atoms with E-state index in [4.69, 9.17) is 0 Å². The molecule has 1 fully saturated rings. The molecule has 1 aromatic carbocycles. The third-order valence-corrected chi connectivity index (χ3v) is 3.77. The number of amides is 2. The van der Waals surface area contributed by atoms with E-state index in [0.29, 0.717) is 25.9 Å². The van der Waals surface area contributed by atoms with Crippen LogP contribution in [0.15, 0.2) is 42.7 Å². The first kappa shape index (κ1) is 14.3. The fraction of sp³-hybridized carbons (Fsp3) is 0.312. The van der Waals surface area contributed by atoms with Crippen molar-refractivity contribution < 1.29 is 9.59 Å². The van der Waals surface area contributed by atoms with Gasteiger partial charge in [0.2, 0.25) is 11.8 Å². The normalized spacial score (nSPS) is 17.3. The summed E-state index contributed by atoms with van der Waals surface area (Å²) in [4.78, 5) is 23.2. The number of rotatable bonds is 5. The quantitative estimate of drug-likeness (QED) is 0.858. The average Bonchev–Trinajstić information content (AvgIpc) is 3.18. The largest absolute Gasteiger partial charge is 0.350 e. The van der Waals surface area contributed by atoms with Crippen LogP contribution in [-0.2, 0) is 22.7 Å². The molecular weight excluding hydrogens is 280 g/mol. The average molecular weight is 298 g/mol. The molecule has 1 unspecified atom stereocenters. The van der Waals surface area contributed by atoms with Crippen LogP contribution in [0.5, 0.6) is 0 Å². The number of aromatic nitrogens is 2. The van der Waals surface area contributed by atoms with Gasteiger partial charge in [-0.25, -0.2) is 0 Å². The fourth-order valence-corrected chi connectivity index (χ4v) is 2.57. The summed E-state index contributed by atoms with van der Waals surface area (Å²) in [6.45, 7) is 1.11. The minimum atomic E-state index is -0.397. The lowest BCUT2D eigenvalue weighted by Gasteiger charge is -2.13. The molecule has 114 valence electrons. The van der Waals surface area contributed by atoms with Crippen molar-refractivity contribution in [1.82, 2.24) is 20.4 Å². The summed E-state index contributed by atoms with van der Waals surface area (Å²) < 4.78 is 1.85. The first-order valence-electron chi connectivity index (χ1n) is 7.33. The lowest BCUT2D eigenvalue weighted by atomic mass is 10.1. The van der Waals surface area contributed by atoms with E-state index in [1.807, 2.05) is 41.2 Å². The second kappa shape index (κ2) is 6.43. The van der Waals surface area contributed by atoms with Gasteiger partial charge in [0, 0.05) is 25.4 Å². The molecule has 1 aliphatic heterocycles. The summed E-state index contributed by atoms with van der Waals surface area (Å²) in [6.07, 6.45) is 4.64. The Kier molecular flexibility index (Phi) is 4.18. The number of benzene rings is 1. The van der Waals surface area contributed by atoms with Gasteiger partial charge in [0.1, 0.15) is 6.04 Å². The molecule has 2 amide bonds. The number of carbonyl (C=O) groups excluding carboxylic acids is 2. The second-order valence-electron chi connectivity index (χ2n) is 5.35. The first-order chi connectivity index (χ1) is 10.7. The van der Waals surface area contributed by atoms with Gasteiger partial charge in [0.05, 0.1) is 6.54 Å². The molecule has 0 saturated carbocycles. The Balaban J connectivity index is 1.62. The van der Waals surface area contributed by atoms with Crippen LogP contribution in [0.3, 0.4) is 0 Å². The van der Waals surface area contributed by atoms with Crippen molar-refractivity contribution in [3.8, 4) is 0 Å². The van der Waals surface area contributed by atoms with E-state index in [1.54, 1.807) is 6.20 Å². The molecular formula is C16H18N4O2. The lowest BCUT2D eigenvalue weighted by Crippen LogP contribution is -2.41. The molecule has 2 N–H and O–H groups in total. The Morgan fingerprint density at radius 2 is 2.14 bits per heavy atom. The van der Waals surface area contributed by atoms with Gasteiger partial charge in [-0.1, -0.05) is 24.3 Å². The zero-order valence-corrected chi connectivity index (χ0v) is 12.2. The van der Waals surface area contributed by atoms with Crippen LogP contribution in [0.25, 0.3) is 0 Å². The zero-order valence-electron chi connectivity index (χ0n) is 12.2. The van der Waals surface area contributed by atoms with Crippen LogP contribution in [0, 0.1) is 0 Å². The van der Waals surface area contributed by atoms with Crippen LogP contribution >= 0.6 is 0 Å². The summed E-state index contributed by atoms with van der Waals surface area (Å²) in [6, 6.07) is 9.43. The second-order valence-corrected chi connectivity index (χ2v) is 5.35. The highest BCUT2D eigenvalue weighted by Crippen LogP contribution is 2.11. The van der Waals surface area contributed by atoms with Crippen LogP contribution in [0.2, 0.25) is 0 Å². The van der Waals surface area contributed by atoms with Crippen LogP contribution in [0.1, 0.15) is 24.0 Å². The molecule has 2 heterocycles. The van der Waals surface area contributed by atoms with Crippen molar-refractivity contribution in [3.05, 3.63) is 53.9 Å². The van der Waals surface area contributed by atoms with Crippen LogP contribution < -0.4 is 10.6 Å². The van der Waals surface area contributed by atoms with Gasteiger partial charge in [-0.05, 0) is 23.6 Å². The number of nitrogens with one attached hydrogen (secondary N) is 2. The standard InChI is InChI=1S/C16H18N4O2/c21-15-7-6-14(19-15)16(22)17-10-12-4-1-2-5-13(12)11-20-9-3-8-18-20/h1-5,8-9,14H,6-7,10-11H2,(H,17,22)(H,19,21). The van der Waals surface area contributed by atoms with E-state index < -0.39 is 6.04 Å². The molecule has 0 aliphatic carbocycles. The van der Waals surface area contributed by atoms with Gasteiger partial charge in [0.25, 0.3) is 0 Å². The van der Waals surface area contributed by atoms with Gasteiger partial charge in [0.15, 0.2) is 0 Å². The van der Waals surface area contributed by atoms with Crippen molar-refractivity contribution in [2.75, 3.05) is 0 Å². The SMILES string of the molecule is O=C1CCC(C(=O)NCc2ccccc2Cn2cccn2)N1. The molecule has 0 radical (unpaired) electrons. The number of nitrogens with zero attached hydrogens (tertiary/aromatic N) is 2. The number of hydrogen-bond acceptors (Lipinski definition) is 3. The Morgan fingerprint density at radius 3 is 2.82 bits per heavy atom. The van der Waals surface area contributed by atoms with Crippen molar-refractivity contribution >= 4 is 11.8 Å². The van der Waals surface area contributed by atoms with Crippen molar-refractivity contribution in [3.63, 3.8) is 0 Å². The molecule has 1 aromatic heterocycles. The molecule has 1 atom stereocenters. The van der Waals surface area contributed by atoms with E-state index in [2.05, 4.69) is 15.7 Å². The molecule has 6 heteroatoms. The van der Waals surface area contributed by atoms with Crippen molar-refractivity contribution in [2.24, 2.45) is 0 Å². The van der Waals surface area contributed by atoms with Gasteiger partial charge < -0.3 is 10.6 Å².